The largest absolute Gasteiger partial charge is 0.334 e. The van der Waals surface area contributed by atoms with E-state index in [1.807, 2.05) is 46.9 Å². The van der Waals surface area contributed by atoms with E-state index in [4.69, 9.17) is 0 Å². The first-order chi connectivity index (χ1) is 15.3. The first kappa shape index (κ1) is 30.1. The zero-order chi connectivity index (χ0) is 26.3. The van der Waals surface area contributed by atoms with Gasteiger partial charge in [0.2, 0.25) is 20.0 Å². The fourth-order valence-corrected chi connectivity index (χ4v) is 4.11. The molecule has 0 aromatic heterocycles. The van der Waals surface area contributed by atoms with E-state index in [2.05, 4.69) is 41.3 Å². The number of anilines is 1. The topological polar surface area (TPSA) is 147 Å². The SMILES string of the molecule is CC(C)(C)c1ccc(CNC(=O)NCc2cc(F)c(NS(C)(=O)=O)c(I)c2)cc1.CS(N)(=O)=O. The molecule has 2 aromatic carbocycles. The molecule has 0 atom stereocenters. The lowest BCUT2D eigenvalue weighted by atomic mass is 9.87. The molecule has 0 aliphatic carbocycles. The number of primary sulfonamides is 1. The number of halogens is 2. The van der Waals surface area contributed by atoms with Crippen LogP contribution in [0.15, 0.2) is 36.4 Å². The second-order valence-corrected chi connectivity index (χ2v) is 13.2. The van der Waals surface area contributed by atoms with Gasteiger partial charge in [-0.1, -0.05) is 45.0 Å². The number of hydrogen-bond donors (Lipinski definition) is 4. The molecule has 34 heavy (non-hydrogen) atoms. The average Bonchev–Trinajstić information content (AvgIpc) is 2.65. The number of benzene rings is 2. The Hall–Kier alpha value is -1.97. The maximum Gasteiger partial charge on any atom is 0.315 e. The van der Waals surface area contributed by atoms with Gasteiger partial charge in [-0.25, -0.2) is 31.2 Å². The summed E-state index contributed by atoms with van der Waals surface area (Å²) in [5.74, 6) is -0.696. The minimum absolute atomic E-state index is 0.0719. The Bertz CT molecular complexity index is 1180. The first-order valence-corrected chi connectivity index (χ1v) is 14.8. The number of carbonyl (C=O) groups excluding carboxylic acids is 1. The van der Waals surface area contributed by atoms with Gasteiger partial charge in [-0.3, -0.25) is 4.72 Å². The highest BCUT2D eigenvalue weighted by molar-refractivity contribution is 14.1. The van der Waals surface area contributed by atoms with Crippen LogP contribution < -0.4 is 20.5 Å². The summed E-state index contributed by atoms with van der Waals surface area (Å²) >= 11 is 1.85. The number of urea groups is 1. The Morgan fingerprint density at radius 2 is 1.44 bits per heavy atom. The Kier molecular flexibility index (Phi) is 10.7. The van der Waals surface area contributed by atoms with Crippen molar-refractivity contribution in [3.8, 4) is 0 Å². The molecule has 0 saturated heterocycles. The van der Waals surface area contributed by atoms with Crippen LogP contribution in [0.5, 0.6) is 0 Å². The van der Waals surface area contributed by atoms with Crippen LogP contribution in [0.1, 0.15) is 37.5 Å². The van der Waals surface area contributed by atoms with Crippen LogP contribution in [-0.2, 0) is 38.6 Å². The molecule has 2 aromatic rings. The van der Waals surface area contributed by atoms with Gasteiger partial charge >= 0.3 is 6.03 Å². The van der Waals surface area contributed by atoms with Gasteiger partial charge in [0.15, 0.2) is 0 Å². The van der Waals surface area contributed by atoms with Crippen molar-refractivity contribution in [2.24, 2.45) is 5.14 Å². The van der Waals surface area contributed by atoms with Gasteiger partial charge < -0.3 is 10.6 Å². The van der Waals surface area contributed by atoms with E-state index in [1.165, 1.54) is 11.6 Å². The zero-order valence-electron chi connectivity index (χ0n) is 19.6. The summed E-state index contributed by atoms with van der Waals surface area (Å²) in [5.41, 5.74) is 2.69. The van der Waals surface area contributed by atoms with Gasteiger partial charge in [0.1, 0.15) is 5.82 Å². The number of nitrogens with one attached hydrogen (secondary N) is 3. The minimum atomic E-state index is -3.58. The maximum atomic E-state index is 14.2. The molecule has 9 nitrogen and oxygen atoms in total. The molecule has 0 heterocycles. The van der Waals surface area contributed by atoms with Crippen molar-refractivity contribution in [3.63, 3.8) is 0 Å². The van der Waals surface area contributed by atoms with E-state index in [-0.39, 0.29) is 23.7 Å². The molecule has 190 valence electrons. The fraction of sp³-hybridized carbons (Fsp3) is 0.381. The quantitative estimate of drug-likeness (QED) is 0.364. The summed E-state index contributed by atoms with van der Waals surface area (Å²) in [5, 5.41) is 9.76. The molecule has 13 heteroatoms. The molecule has 5 N–H and O–H groups in total. The monoisotopic (exact) mass is 628 g/mol. The summed E-state index contributed by atoms with van der Waals surface area (Å²) in [7, 11) is -6.75. The summed E-state index contributed by atoms with van der Waals surface area (Å²) in [6, 6.07) is 10.5. The highest BCUT2D eigenvalue weighted by Gasteiger charge is 2.14. The van der Waals surface area contributed by atoms with Crippen LogP contribution in [0.3, 0.4) is 0 Å². The van der Waals surface area contributed by atoms with Crippen LogP contribution in [0, 0.1) is 9.39 Å². The van der Waals surface area contributed by atoms with Crippen molar-refractivity contribution in [2.45, 2.75) is 39.3 Å². The number of rotatable bonds is 6. The molecule has 2 amide bonds. The first-order valence-electron chi connectivity index (χ1n) is 9.90. The molecule has 0 bridgehead atoms. The minimum Gasteiger partial charge on any atom is -0.334 e. The molecule has 0 unspecified atom stereocenters. The molecule has 0 fully saturated rings. The van der Waals surface area contributed by atoms with Gasteiger partial charge in [0.25, 0.3) is 0 Å². The number of sulfonamides is 2. The Labute approximate surface area is 214 Å². The van der Waals surface area contributed by atoms with E-state index < -0.39 is 25.9 Å². The fourth-order valence-electron chi connectivity index (χ4n) is 2.56. The molecule has 0 radical (unpaired) electrons. The number of nitrogens with two attached hydrogens (primary N) is 1. The molecular formula is C21H30FIN4O5S2. The van der Waals surface area contributed by atoms with Gasteiger partial charge in [-0.15, -0.1) is 0 Å². The summed E-state index contributed by atoms with van der Waals surface area (Å²) in [6.45, 7) is 6.91. The lowest BCUT2D eigenvalue weighted by Crippen LogP contribution is -2.34. The van der Waals surface area contributed by atoms with Crippen molar-refractivity contribution in [1.82, 2.24) is 10.6 Å². The third-order valence-electron chi connectivity index (χ3n) is 4.12. The lowest BCUT2D eigenvalue weighted by Gasteiger charge is -2.19. The molecule has 0 aliphatic rings. The van der Waals surface area contributed by atoms with E-state index in [0.29, 0.717) is 15.7 Å². The van der Waals surface area contributed by atoms with Gasteiger partial charge in [0, 0.05) is 16.7 Å². The van der Waals surface area contributed by atoms with Gasteiger partial charge in [-0.05, 0) is 56.8 Å². The van der Waals surface area contributed by atoms with Gasteiger partial charge in [-0.2, -0.15) is 0 Å². The standard InChI is InChI=1S/C20H25FIN3O3S.CH5NO2S/c1-20(2,3)15-7-5-13(6-8-15)11-23-19(26)24-12-14-9-16(21)18(17(22)10-14)25-29(4,27)28;1-5(2,3)4/h5-10,25H,11-12H2,1-4H3,(H2,23,24,26);1H3,(H2,2,3,4). The summed E-state index contributed by atoms with van der Waals surface area (Å²) in [4.78, 5) is 12.0. The Morgan fingerprint density at radius 1 is 0.971 bits per heavy atom. The molecule has 0 aliphatic heterocycles. The van der Waals surface area contributed by atoms with Crippen molar-refractivity contribution in [2.75, 3.05) is 17.2 Å². The van der Waals surface area contributed by atoms with E-state index >= 15 is 0 Å². The maximum absolute atomic E-state index is 14.2. The molecular weight excluding hydrogens is 598 g/mol. The predicted molar refractivity (Wildman–Crippen MR) is 141 cm³/mol. The van der Waals surface area contributed by atoms with Crippen molar-refractivity contribution < 1.29 is 26.0 Å². The normalized spacial score (nSPS) is 11.8. The third kappa shape index (κ3) is 12.5. The van der Waals surface area contributed by atoms with E-state index in [9.17, 15) is 26.0 Å². The zero-order valence-corrected chi connectivity index (χ0v) is 23.4. The smallest absolute Gasteiger partial charge is 0.315 e. The molecule has 2 rings (SSSR count). The van der Waals surface area contributed by atoms with Gasteiger partial charge in [0.05, 0.1) is 18.2 Å². The van der Waals surface area contributed by atoms with Crippen LogP contribution in [0.4, 0.5) is 14.9 Å². The van der Waals surface area contributed by atoms with E-state index in [1.54, 1.807) is 6.07 Å². The van der Waals surface area contributed by atoms with Crippen molar-refractivity contribution in [1.29, 1.82) is 0 Å². The van der Waals surface area contributed by atoms with E-state index in [0.717, 1.165) is 18.1 Å². The van der Waals surface area contributed by atoms with Crippen LogP contribution in [-0.4, -0.2) is 35.4 Å². The second-order valence-electron chi connectivity index (χ2n) is 8.62. The third-order valence-corrected chi connectivity index (χ3v) is 5.54. The molecule has 0 saturated carbocycles. The predicted octanol–water partition coefficient (Wildman–Crippen LogP) is 3.00. The number of hydrogen-bond acceptors (Lipinski definition) is 5. The van der Waals surface area contributed by atoms with Crippen LogP contribution in [0.25, 0.3) is 0 Å². The van der Waals surface area contributed by atoms with Crippen LogP contribution >= 0.6 is 22.6 Å². The lowest BCUT2D eigenvalue weighted by molar-refractivity contribution is 0.240. The summed E-state index contributed by atoms with van der Waals surface area (Å²) < 4.78 is 58.2. The van der Waals surface area contributed by atoms with Crippen molar-refractivity contribution in [3.05, 3.63) is 62.5 Å². The second kappa shape index (κ2) is 12.1. The number of amides is 2. The van der Waals surface area contributed by atoms with Crippen LogP contribution in [0.2, 0.25) is 0 Å². The average molecular weight is 629 g/mol. The summed E-state index contributed by atoms with van der Waals surface area (Å²) in [6.07, 6.45) is 1.89. The number of carbonyl (C=O) groups is 1. The highest BCUT2D eigenvalue weighted by Crippen LogP contribution is 2.25. The van der Waals surface area contributed by atoms with Crippen molar-refractivity contribution >= 4 is 54.4 Å². The Morgan fingerprint density at radius 3 is 1.85 bits per heavy atom. The highest BCUT2D eigenvalue weighted by atomic mass is 127. The Balaban J connectivity index is 0.00000104. The molecule has 0 spiro atoms.